The molecular weight excluding hydrogens is 941 g/mol. The monoisotopic (exact) mass is 1010 g/mol. The maximum absolute atomic E-state index is 2.48. The molecule has 11 aromatic rings. The van der Waals surface area contributed by atoms with Crippen molar-refractivity contribution in [2.45, 2.75) is 90.9 Å². The van der Waals surface area contributed by atoms with E-state index in [0.29, 0.717) is 0 Å². The molecule has 0 N–H and O–H groups in total. The van der Waals surface area contributed by atoms with Crippen molar-refractivity contribution >= 4 is 55.7 Å². The summed E-state index contributed by atoms with van der Waals surface area (Å²) in [4.78, 5) is 4.95. The summed E-state index contributed by atoms with van der Waals surface area (Å²) in [5.41, 5.74) is 24.7. The van der Waals surface area contributed by atoms with Gasteiger partial charge in [0.1, 0.15) is 0 Å². The van der Waals surface area contributed by atoms with Crippen LogP contribution < -0.4 is 9.80 Å². The second-order valence-corrected chi connectivity index (χ2v) is 25.0. The van der Waals surface area contributed by atoms with E-state index in [9.17, 15) is 0 Å². The van der Waals surface area contributed by atoms with Gasteiger partial charge in [0, 0.05) is 45.0 Å². The summed E-state index contributed by atoms with van der Waals surface area (Å²) in [5.74, 6) is 0. The molecule has 0 unspecified atom stereocenters. The molecule has 2 heteroatoms. The van der Waals surface area contributed by atoms with Crippen LogP contribution in [0, 0.1) is 0 Å². The zero-order chi connectivity index (χ0) is 53.9. The predicted molar refractivity (Wildman–Crippen MR) is 334 cm³/mol. The van der Waals surface area contributed by atoms with E-state index >= 15 is 0 Å². The Morgan fingerprint density at radius 1 is 0.269 bits per heavy atom. The molecule has 0 aromatic heterocycles. The first kappa shape index (κ1) is 49.1. The van der Waals surface area contributed by atoms with E-state index in [4.69, 9.17) is 0 Å². The quantitative estimate of drug-likeness (QED) is 0.140. The van der Waals surface area contributed by atoms with E-state index < -0.39 is 0 Å². The van der Waals surface area contributed by atoms with Gasteiger partial charge in [-0.1, -0.05) is 227 Å². The molecule has 11 aromatic carbocycles. The van der Waals surface area contributed by atoms with Gasteiger partial charge in [0.05, 0.1) is 0 Å². The Morgan fingerprint density at radius 3 is 0.949 bits per heavy atom. The molecule has 0 amide bonds. The third-order valence-corrected chi connectivity index (χ3v) is 17.4. The van der Waals surface area contributed by atoms with Gasteiger partial charge in [-0.25, -0.2) is 0 Å². The molecule has 2 aliphatic rings. The summed E-state index contributed by atoms with van der Waals surface area (Å²) in [6.07, 6.45) is 0. The number of hydrogen-bond acceptors (Lipinski definition) is 2. The fourth-order valence-corrected chi connectivity index (χ4v) is 13.1. The van der Waals surface area contributed by atoms with Gasteiger partial charge in [0.2, 0.25) is 0 Å². The van der Waals surface area contributed by atoms with Crippen LogP contribution in [0.1, 0.15) is 103 Å². The van der Waals surface area contributed by atoms with Crippen molar-refractivity contribution < 1.29 is 0 Å². The van der Waals surface area contributed by atoms with Crippen molar-refractivity contribution in [3.05, 3.63) is 264 Å². The second kappa shape index (κ2) is 18.1. The van der Waals surface area contributed by atoms with Crippen molar-refractivity contribution in [2.24, 2.45) is 0 Å². The lowest BCUT2D eigenvalue weighted by Gasteiger charge is -2.30. The molecule has 0 atom stereocenters. The van der Waals surface area contributed by atoms with Crippen LogP contribution >= 0.6 is 0 Å². The highest BCUT2D eigenvalue weighted by atomic mass is 15.1. The van der Waals surface area contributed by atoms with Gasteiger partial charge in [-0.3, -0.25) is 0 Å². The van der Waals surface area contributed by atoms with Crippen LogP contribution in [0.15, 0.2) is 231 Å². The lowest BCUT2D eigenvalue weighted by molar-refractivity contribution is 0.590. The first-order valence-corrected chi connectivity index (χ1v) is 27.9. The summed E-state index contributed by atoms with van der Waals surface area (Å²) in [6, 6.07) is 87.3. The number of benzene rings is 11. The molecule has 2 nitrogen and oxygen atoms in total. The SMILES string of the molecule is CC(C)(C)c1ccc(N(c2ccc3c(c2)-c2ccccc2C3(C)C)c2ccc3c(-c4ccccc4)c4cc(N(c5ccc(C(C)(C)C)cc5)c5ccc6c(c5)-c5ccccc5C6(C)C)ccc4c(-c4ccccc4)c3c2)cc1. The molecule has 0 fully saturated rings. The minimum Gasteiger partial charge on any atom is -0.310 e. The summed E-state index contributed by atoms with van der Waals surface area (Å²) < 4.78 is 0. The fourth-order valence-electron chi connectivity index (χ4n) is 13.1. The molecule has 0 aliphatic heterocycles. The molecule has 0 heterocycles. The number of hydrogen-bond donors (Lipinski definition) is 0. The second-order valence-electron chi connectivity index (χ2n) is 25.0. The van der Waals surface area contributed by atoms with E-state index in [2.05, 4.69) is 310 Å². The molecule has 382 valence electrons. The Morgan fingerprint density at radius 2 is 0.577 bits per heavy atom. The Bertz CT molecular complexity index is 3860. The highest BCUT2D eigenvalue weighted by Gasteiger charge is 2.37. The predicted octanol–water partition coefficient (Wildman–Crippen LogP) is 21.5. The van der Waals surface area contributed by atoms with E-state index in [1.807, 2.05) is 0 Å². The van der Waals surface area contributed by atoms with Crippen molar-refractivity contribution in [3.63, 3.8) is 0 Å². The van der Waals surface area contributed by atoms with E-state index in [1.165, 1.54) is 99.4 Å². The normalized spacial score (nSPS) is 14.0. The fraction of sp³-hybridized carbons (Fsp3) is 0.184. The molecular formula is C76H68N2. The molecule has 2 aliphatic carbocycles. The van der Waals surface area contributed by atoms with Crippen molar-refractivity contribution in [3.8, 4) is 44.5 Å². The minimum absolute atomic E-state index is 0.0208. The van der Waals surface area contributed by atoms with Crippen molar-refractivity contribution in [2.75, 3.05) is 9.80 Å². The smallest absolute Gasteiger partial charge is 0.0468 e. The zero-order valence-electron chi connectivity index (χ0n) is 46.8. The topological polar surface area (TPSA) is 6.48 Å². The van der Waals surface area contributed by atoms with Crippen LogP contribution in [-0.4, -0.2) is 0 Å². The first-order chi connectivity index (χ1) is 37.5. The average Bonchev–Trinajstić information content (AvgIpc) is 3.91. The van der Waals surface area contributed by atoms with Crippen LogP contribution in [0.5, 0.6) is 0 Å². The third kappa shape index (κ3) is 7.98. The van der Waals surface area contributed by atoms with E-state index in [0.717, 1.165) is 34.1 Å². The number of rotatable bonds is 8. The highest BCUT2D eigenvalue weighted by Crippen LogP contribution is 2.54. The lowest BCUT2D eigenvalue weighted by atomic mass is 9.82. The Kier molecular flexibility index (Phi) is 11.4. The summed E-state index contributed by atoms with van der Waals surface area (Å²) in [6.45, 7) is 23.2. The summed E-state index contributed by atoms with van der Waals surface area (Å²) >= 11 is 0. The van der Waals surface area contributed by atoms with E-state index in [-0.39, 0.29) is 21.7 Å². The molecule has 0 radical (unpaired) electrons. The molecule has 0 saturated heterocycles. The highest BCUT2D eigenvalue weighted by molar-refractivity contribution is 6.22. The van der Waals surface area contributed by atoms with Gasteiger partial charge in [-0.2, -0.15) is 0 Å². The number of anilines is 6. The summed E-state index contributed by atoms with van der Waals surface area (Å²) in [7, 11) is 0. The minimum atomic E-state index is -0.0929. The first-order valence-electron chi connectivity index (χ1n) is 27.9. The number of nitrogens with zero attached hydrogens (tertiary/aromatic N) is 2. The molecule has 0 spiro atoms. The van der Waals surface area contributed by atoms with Gasteiger partial charge in [0.15, 0.2) is 0 Å². The maximum atomic E-state index is 2.48. The van der Waals surface area contributed by atoms with Crippen LogP contribution in [0.2, 0.25) is 0 Å². The molecule has 0 saturated carbocycles. The molecule has 0 bridgehead atoms. The van der Waals surface area contributed by atoms with Crippen LogP contribution in [0.4, 0.5) is 34.1 Å². The molecule has 13 rings (SSSR count). The Balaban J connectivity index is 1.06. The zero-order valence-corrected chi connectivity index (χ0v) is 46.8. The van der Waals surface area contributed by atoms with Crippen LogP contribution in [0.3, 0.4) is 0 Å². The van der Waals surface area contributed by atoms with Gasteiger partial charge >= 0.3 is 0 Å². The van der Waals surface area contributed by atoms with Crippen molar-refractivity contribution in [1.82, 2.24) is 0 Å². The van der Waals surface area contributed by atoms with Crippen LogP contribution in [-0.2, 0) is 21.7 Å². The van der Waals surface area contributed by atoms with Gasteiger partial charge in [-0.15, -0.1) is 0 Å². The van der Waals surface area contributed by atoms with Gasteiger partial charge in [0.25, 0.3) is 0 Å². The lowest BCUT2D eigenvalue weighted by Crippen LogP contribution is -2.16. The average molecular weight is 1010 g/mol. The van der Waals surface area contributed by atoms with Gasteiger partial charge in [-0.05, 0) is 183 Å². The van der Waals surface area contributed by atoms with Crippen molar-refractivity contribution in [1.29, 1.82) is 0 Å². The standard InChI is InChI=1S/C76H68N2/c1-73(2,3)51-29-33-53(34-30-51)77(57-39-43-69-63(45-57)59-25-17-19-27-67(59)75(69,7)8)55-37-41-61-65(47-55)71(49-21-13-11-14-22-49)62-42-38-56(48-66(62)72(61)50-23-15-12-16-24-50)78(54-35-31-52(32-36-54)74(4,5)6)58-40-44-70-64(46-58)60-26-18-20-28-68(60)76(70,9)10/h11-48H,1-10H3. The Hall–Kier alpha value is -8.46. The van der Waals surface area contributed by atoms with E-state index in [1.54, 1.807) is 0 Å². The maximum Gasteiger partial charge on any atom is 0.0468 e. The number of fused-ring (bicyclic) bond motifs is 8. The summed E-state index contributed by atoms with van der Waals surface area (Å²) in [5, 5.41) is 4.82. The third-order valence-electron chi connectivity index (χ3n) is 17.4. The van der Waals surface area contributed by atoms with Gasteiger partial charge < -0.3 is 9.80 Å². The molecule has 78 heavy (non-hydrogen) atoms. The largest absolute Gasteiger partial charge is 0.310 e. The van der Waals surface area contributed by atoms with Crippen LogP contribution in [0.25, 0.3) is 66.1 Å². The Labute approximate surface area is 462 Å².